The second kappa shape index (κ2) is 9.14. The number of aliphatic hydroxyl groups excluding tert-OH is 2. The summed E-state index contributed by atoms with van der Waals surface area (Å²) in [6.07, 6.45) is 15.8. The first-order valence-corrected chi connectivity index (χ1v) is 11.8. The molecule has 1 unspecified atom stereocenters. The lowest BCUT2D eigenvalue weighted by Crippen LogP contribution is -2.35. The highest BCUT2D eigenvalue weighted by Gasteiger charge is 2.50. The highest BCUT2D eigenvalue weighted by atomic mass is 16.3. The maximum Gasteiger partial charge on any atom is 0.0809 e. The van der Waals surface area contributed by atoms with E-state index in [4.69, 9.17) is 0 Å². The molecule has 0 saturated heterocycles. The number of rotatable bonds is 5. The first-order valence-electron chi connectivity index (χ1n) is 11.8. The Balaban J connectivity index is 1.72. The summed E-state index contributed by atoms with van der Waals surface area (Å²) in [6, 6.07) is 0. The van der Waals surface area contributed by atoms with Gasteiger partial charge in [-0.05, 0) is 94.0 Å². The van der Waals surface area contributed by atoms with E-state index >= 15 is 0 Å². The SMILES string of the molecule is C=C1[C@H](O)CC(=C/C=C2\CCC[C@]3(C)[C@@H](C(C)/C=C/CC(C)(C)O)CC[C@@H]23)C[C@H]1O. The molecule has 0 amide bonds. The molecule has 0 aromatic heterocycles. The number of hydrogen-bond acceptors (Lipinski definition) is 3. The van der Waals surface area contributed by atoms with Crippen LogP contribution in [0.3, 0.4) is 0 Å². The third-order valence-corrected chi connectivity index (χ3v) is 8.03. The van der Waals surface area contributed by atoms with Crippen molar-refractivity contribution in [2.75, 3.05) is 0 Å². The Labute approximate surface area is 183 Å². The van der Waals surface area contributed by atoms with Crippen molar-refractivity contribution in [3.05, 3.63) is 47.6 Å². The minimum Gasteiger partial charge on any atom is -0.390 e. The van der Waals surface area contributed by atoms with Crippen LogP contribution in [-0.4, -0.2) is 33.1 Å². The lowest BCUT2D eigenvalue weighted by atomic mass is 9.61. The Morgan fingerprint density at radius 1 is 1.17 bits per heavy atom. The van der Waals surface area contributed by atoms with Gasteiger partial charge in [0.1, 0.15) is 0 Å². The Kier molecular flexibility index (Phi) is 7.16. The van der Waals surface area contributed by atoms with E-state index in [1.807, 2.05) is 13.8 Å². The van der Waals surface area contributed by atoms with Gasteiger partial charge in [0.05, 0.1) is 17.8 Å². The van der Waals surface area contributed by atoms with E-state index in [1.165, 1.54) is 25.7 Å². The monoisotopic (exact) mass is 414 g/mol. The highest BCUT2D eigenvalue weighted by molar-refractivity contribution is 5.29. The molecule has 3 aliphatic carbocycles. The predicted octanol–water partition coefficient (Wildman–Crippen LogP) is 5.48. The first-order chi connectivity index (χ1) is 14.0. The molecule has 6 atom stereocenters. The first kappa shape index (κ1) is 23.5. The van der Waals surface area contributed by atoms with E-state index < -0.39 is 17.8 Å². The van der Waals surface area contributed by atoms with Crippen LogP contribution in [0.2, 0.25) is 0 Å². The van der Waals surface area contributed by atoms with E-state index in [-0.39, 0.29) is 0 Å². The fourth-order valence-electron chi connectivity index (χ4n) is 6.27. The number of hydrogen-bond donors (Lipinski definition) is 3. The van der Waals surface area contributed by atoms with Crippen LogP contribution >= 0.6 is 0 Å². The summed E-state index contributed by atoms with van der Waals surface area (Å²) >= 11 is 0. The highest BCUT2D eigenvalue weighted by Crippen LogP contribution is 2.59. The zero-order valence-electron chi connectivity index (χ0n) is 19.4. The fourth-order valence-corrected chi connectivity index (χ4v) is 6.27. The molecule has 0 radical (unpaired) electrons. The van der Waals surface area contributed by atoms with Gasteiger partial charge in [0.2, 0.25) is 0 Å². The fraction of sp³-hybridized carbons (Fsp3) is 0.704. The topological polar surface area (TPSA) is 60.7 Å². The van der Waals surface area contributed by atoms with E-state index in [0.717, 1.165) is 12.0 Å². The van der Waals surface area contributed by atoms with E-state index in [0.29, 0.717) is 48.0 Å². The zero-order valence-corrected chi connectivity index (χ0v) is 19.4. The molecule has 3 nitrogen and oxygen atoms in total. The molecule has 168 valence electrons. The summed E-state index contributed by atoms with van der Waals surface area (Å²) in [5, 5.41) is 30.2. The third-order valence-electron chi connectivity index (χ3n) is 8.03. The molecule has 3 N–H and O–H groups in total. The Hall–Kier alpha value is -1.16. The van der Waals surface area contributed by atoms with Crippen LogP contribution in [0, 0.1) is 23.2 Å². The molecule has 3 rings (SSSR count). The van der Waals surface area contributed by atoms with Crippen molar-refractivity contribution in [3.63, 3.8) is 0 Å². The summed E-state index contributed by atoms with van der Waals surface area (Å²) in [5.74, 6) is 1.83. The predicted molar refractivity (Wildman–Crippen MR) is 124 cm³/mol. The summed E-state index contributed by atoms with van der Waals surface area (Å²) in [7, 11) is 0. The van der Waals surface area contributed by atoms with E-state index in [1.54, 1.807) is 5.57 Å². The number of aliphatic hydroxyl groups is 3. The summed E-state index contributed by atoms with van der Waals surface area (Å²) in [6.45, 7) is 12.4. The minimum atomic E-state index is -0.640. The average molecular weight is 415 g/mol. The molecule has 0 heterocycles. The van der Waals surface area contributed by atoms with E-state index in [9.17, 15) is 15.3 Å². The quantitative estimate of drug-likeness (QED) is 0.522. The van der Waals surface area contributed by atoms with Gasteiger partial charge in [0, 0.05) is 0 Å². The lowest BCUT2D eigenvalue weighted by Gasteiger charge is -2.44. The molecule has 0 spiro atoms. The van der Waals surface area contributed by atoms with Crippen LogP contribution in [0.4, 0.5) is 0 Å². The molecular weight excluding hydrogens is 372 g/mol. The van der Waals surface area contributed by atoms with Gasteiger partial charge in [-0.15, -0.1) is 0 Å². The van der Waals surface area contributed by atoms with Crippen LogP contribution in [0.15, 0.2) is 47.6 Å². The molecule has 3 fully saturated rings. The second-order valence-corrected chi connectivity index (χ2v) is 11.0. The summed E-state index contributed by atoms with van der Waals surface area (Å²) < 4.78 is 0. The van der Waals surface area contributed by atoms with Gasteiger partial charge in [-0.25, -0.2) is 0 Å². The normalized spacial score (nSPS) is 37.6. The van der Waals surface area contributed by atoms with Gasteiger partial charge < -0.3 is 15.3 Å². The smallest absolute Gasteiger partial charge is 0.0809 e. The lowest BCUT2D eigenvalue weighted by molar-refractivity contribution is 0.0832. The van der Waals surface area contributed by atoms with Gasteiger partial charge in [-0.3, -0.25) is 0 Å². The molecule has 3 aliphatic rings. The van der Waals surface area contributed by atoms with Crippen LogP contribution < -0.4 is 0 Å². The Morgan fingerprint density at radius 2 is 1.83 bits per heavy atom. The largest absolute Gasteiger partial charge is 0.390 e. The van der Waals surface area contributed by atoms with Gasteiger partial charge in [0.25, 0.3) is 0 Å². The van der Waals surface area contributed by atoms with Crippen molar-refractivity contribution in [1.29, 1.82) is 0 Å². The Morgan fingerprint density at radius 3 is 2.47 bits per heavy atom. The van der Waals surface area contributed by atoms with Crippen molar-refractivity contribution >= 4 is 0 Å². The van der Waals surface area contributed by atoms with Crippen molar-refractivity contribution in [2.24, 2.45) is 23.2 Å². The standard InChI is InChI=1S/C27H42O3/c1-18(8-6-14-26(3,4)30)22-12-13-23-21(9-7-15-27(22,23)5)11-10-20-16-24(28)19(2)25(29)17-20/h6,8,10-11,18,22-25,28-30H,2,7,9,12-17H2,1,3-5H3/b8-6+,21-11+/t18?,22-,23+,24-,25-,27-/m1/s1. The molecule has 30 heavy (non-hydrogen) atoms. The van der Waals surface area contributed by atoms with Gasteiger partial charge in [0.15, 0.2) is 0 Å². The molecule has 0 aromatic carbocycles. The summed E-state index contributed by atoms with van der Waals surface area (Å²) in [5.41, 5.74) is 2.93. The number of allylic oxidation sites excluding steroid dienone is 4. The van der Waals surface area contributed by atoms with Gasteiger partial charge in [-0.2, -0.15) is 0 Å². The Bertz CT molecular complexity index is 707. The molecular formula is C27H42O3. The molecule has 3 saturated carbocycles. The van der Waals surface area contributed by atoms with E-state index in [2.05, 4.69) is 44.7 Å². The van der Waals surface area contributed by atoms with Crippen LogP contribution in [0.5, 0.6) is 0 Å². The molecule has 0 aliphatic heterocycles. The molecule has 0 aromatic rings. The van der Waals surface area contributed by atoms with Crippen molar-refractivity contribution in [2.45, 2.75) is 96.9 Å². The average Bonchev–Trinajstić information content (AvgIpc) is 3.00. The maximum atomic E-state index is 10.1. The third kappa shape index (κ3) is 5.18. The molecule has 0 bridgehead atoms. The maximum absolute atomic E-state index is 10.1. The zero-order chi connectivity index (χ0) is 22.1. The van der Waals surface area contributed by atoms with Crippen LogP contribution in [0.25, 0.3) is 0 Å². The van der Waals surface area contributed by atoms with Crippen LogP contribution in [-0.2, 0) is 0 Å². The second-order valence-electron chi connectivity index (χ2n) is 11.0. The van der Waals surface area contributed by atoms with Gasteiger partial charge in [-0.1, -0.05) is 55.9 Å². The molecule has 3 heteroatoms. The van der Waals surface area contributed by atoms with Crippen molar-refractivity contribution in [3.8, 4) is 0 Å². The minimum absolute atomic E-state index is 0.334. The van der Waals surface area contributed by atoms with Crippen molar-refractivity contribution < 1.29 is 15.3 Å². The summed E-state index contributed by atoms with van der Waals surface area (Å²) in [4.78, 5) is 0. The van der Waals surface area contributed by atoms with Crippen molar-refractivity contribution in [1.82, 2.24) is 0 Å². The number of fused-ring (bicyclic) bond motifs is 1. The van der Waals surface area contributed by atoms with Crippen LogP contribution in [0.1, 0.15) is 79.1 Å². The van der Waals surface area contributed by atoms with Gasteiger partial charge >= 0.3 is 0 Å².